The zero-order valence-corrected chi connectivity index (χ0v) is 15.9. The first-order valence-electron chi connectivity index (χ1n) is 9.45. The predicted molar refractivity (Wildman–Crippen MR) is 110 cm³/mol. The highest BCUT2D eigenvalue weighted by atomic mass is 16.1. The number of pyridine rings is 1. The molecule has 4 heterocycles. The van der Waals surface area contributed by atoms with Crippen LogP contribution >= 0.6 is 0 Å². The lowest BCUT2D eigenvalue weighted by atomic mass is 10.1. The van der Waals surface area contributed by atoms with Crippen LogP contribution in [0, 0.1) is 6.92 Å². The molecule has 0 saturated heterocycles. The van der Waals surface area contributed by atoms with Crippen LogP contribution in [0.25, 0.3) is 28.0 Å². The van der Waals surface area contributed by atoms with Crippen molar-refractivity contribution in [2.24, 2.45) is 7.05 Å². The summed E-state index contributed by atoms with van der Waals surface area (Å²) in [6.45, 7) is 3.85. The molecule has 3 aromatic heterocycles. The summed E-state index contributed by atoms with van der Waals surface area (Å²) in [5.41, 5.74) is 6.39. The van der Waals surface area contributed by atoms with E-state index < -0.39 is 0 Å². The summed E-state index contributed by atoms with van der Waals surface area (Å²) in [6.07, 6.45) is 6.34. The Kier molecular flexibility index (Phi) is 3.87. The van der Waals surface area contributed by atoms with Crippen LogP contribution in [0.3, 0.4) is 0 Å². The molecule has 0 unspecified atom stereocenters. The molecule has 28 heavy (non-hydrogen) atoms. The van der Waals surface area contributed by atoms with Gasteiger partial charge >= 0.3 is 0 Å². The first-order valence-corrected chi connectivity index (χ1v) is 9.45. The molecule has 1 aliphatic heterocycles. The monoisotopic (exact) mass is 371 g/mol. The minimum atomic E-state index is -0.0957. The molecule has 1 aromatic carbocycles. The van der Waals surface area contributed by atoms with Gasteiger partial charge in [-0.2, -0.15) is 0 Å². The molecule has 0 aliphatic carbocycles. The third-order valence-electron chi connectivity index (χ3n) is 5.50. The fourth-order valence-corrected chi connectivity index (χ4v) is 4.01. The lowest BCUT2D eigenvalue weighted by Crippen LogP contribution is -2.24. The lowest BCUT2D eigenvalue weighted by Gasteiger charge is -2.14. The van der Waals surface area contributed by atoms with E-state index in [4.69, 9.17) is 0 Å². The molecular weight excluding hydrogens is 350 g/mol. The van der Waals surface area contributed by atoms with E-state index >= 15 is 0 Å². The van der Waals surface area contributed by atoms with E-state index in [1.807, 2.05) is 19.1 Å². The molecule has 1 N–H and O–H groups in total. The van der Waals surface area contributed by atoms with Gasteiger partial charge in [0.15, 0.2) is 5.82 Å². The molecule has 0 amide bonds. The maximum Gasteiger partial charge on any atom is 0.255 e. The van der Waals surface area contributed by atoms with E-state index in [2.05, 4.69) is 39.0 Å². The highest BCUT2D eigenvalue weighted by Crippen LogP contribution is 2.29. The topological polar surface area (TPSA) is 64.7 Å². The zero-order chi connectivity index (χ0) is 19.3. The summed E-state index contributed by atoms with van der Waals surface area (Å²) in [7, 11) is 2.11. The number of aryl methyl sites for hydroxylation is 2. The summed E-state index contributed by atoms with van der Waals surface area (Å²) in [6, 6.07) is 9.71. The maximum absolute atomic E-state index is 12.8. The van der Waals surface area contributed by atoms with Crippen LogP contribution in [0.4, 0.5) is 0 Å². The fourth-order valence-electron chi connectivity index (χ4n) is 4.01. The van der Waals surface area contributed by atoms with E-state index in [1.54, 1.807) is 29.2 Å². The van der Waals surface area contributed by atoms with Crippen LogP contribution < -0.4 is 10.9 Å². The molecule has 140 valence electrons. The third kappa shape index (κ3) is 2.65. The molecule has 6 heteroatoms. The van der Waals surface area contributed by atoms with Crippen LogP contribution in [-0.2, 0) is 20.0 Å². The van der Waals surface area contributed by atoms with Crippen molar-refractivity contribution in [3.8, 4) is 17.1 Å². The second kappa shape index (κ2) is 6.42. The minimum absolute atomic E-state index is 0.0957. The van der Waals surface area contributed by atoms with E-state index in [9.17, 15) is 4.79 Å². The molecule has 0 spiro atoms. The van der Waals surface area contributed by atoms with Gasteiger partial charge in [0.2, 0.25) is 0 Å². The molecule has 0 radical (unpaired) electrons. The molecule has 4 aromatic rings. The van der Waals surface area contributed by atoms with Crippen molar-refractivity contribution in [1.82, 2.24) is 24.4 Å². The Balaban J connectivity index is 1.59. The van der Waals surface area contributed by atoms with Crippen LogP contribution in [0.15, 0.2) is 53.7 Å². The van der Waals surface area contributed by atoms with Crippen molar-refractivity contribution in [3.05, 3.63) is 76.1 Å². The van der Waals surface area contributed by atoms with E-state index in [-0.39, 0.29) is 5.56 Å². The molecule has 0 fully saturated rings. The summed E-state index contributed by atoms with van der Waals surface area (Å²) >= 11 is 0. The average Bonchev–Trinajstić information content (AvgIpc) is 3.01. The van der Waals surface area contributed by atoms with E-state index in [1.165, 1.54) is 16.6 Å². The fraction of sp³-hybridized carbons (Fsp3) is 0.227. The highest BCUT2D eigenvalue weighted by molar-refractivity contribution is 5.87. The SMILES string of the molecule is Cc1cnc(-c2ccn(-c3ccc4c5c(n(C)c4c3)CCNC5)c(=O)c2)nc1. The Labute approximate surface area is 162 Å². The van der Waals surface area contributed by atoms with Crippen molar-refractivity contribution < 1.29 is 0 Å². The Bertz CT molecular complexity index is 1250. The van der Waals surface area contributed by atoms with Gasteiger partial charge in [-0.15, -0.1) is 0 Å². The molecule has 0 atom stereocenters. The number of aromatic nitrogens is 4. The van der Waals surface area contributed by atoms with E-state index in [0.29, 0.717) is 5.82 Å². The lowest BCUT2D eigenvalue weighted by molar-refractivity contribution is 0.622. The van der Waals surface area contributed by atoms with Crippen LogP contribution in [0.2, 0.25) is 0 Å². The number of nitrogens with one attached hydrogen (secondary N) is 1. The van der Waals surface area contributed by atoms with Gasteiger partial charge in [0.1, 0.15) is 0 Å². The second-order valence-electron chi connectivity index (χ2n) is 7.32. The summed E-state index contributed by atoms with van der Waals surface area (Å²) in [5.74, 6) is 0.563. The van der Waals surface area contributed by atoms with E-state index in [0.717, 1.165) is 41.8 Å². The van der Waals surface area contributed by atoms with Gasteiger partial charge in [0.05, 0.1) is 11.2 Å². The van der Waals surface area contributed by atoms with Gasteiger partial charge in [0, 0.05) is 67.9 Å². The number of hydrogen-bond donors (Lipinski definition) is 1. The molecule has 6 nitrogen and oxygen atoms in total. The molecule has 0 saturated carbocycles. The van der Waals surface area contributed by atoms with Gasteiger partial charge in [0.25, 0.3) is 5.56 Å². The largest absolute Gasteiger partial charge is 0.347 e. The predicted octanol–water partition coefficient (Wildman–Crippen LogP) is 2.74. The standard InChI is InChI=1S/C22H21N5O/c1-14-11-24-22(25-12-14)15-6-8-27(21(28)9-15)16-3-4-17-18-13-23-7-5-19(18)26(2)20(17)10-16/h3-4,6,8-12,23H,5,7,13H2,1-2H3. The first-order chi connectivity index (χ1) is 13.6. The summed E-state index contributed by atoms with van der Waals surface area (Å²) < 4.78 is 3.93. The van der Waals surface area contributed by atoms with Crippen LogP contribution in [-0.4, -0.2) is 25.6 Å². The van der Waals surface area contributed by atoms with Crippen molar-refractivity contribution >= 4 is 10.9 Å². The van der Waals surface area contributed by atoms with Gasteiger partial charge in [-0.05, 0) is 36.2 Å². The normalized spacial score (nSPS) is 13.6. The van der Waals surface area contributed by atoms with Gasteiger partial charge in [-0.25, -0.2) is 9.97 Å². The Morgan fingerprint density at radius 3 is 2.71 bits per heavy atom. The van der Waals surface area contributed by atoms with Crippen LogP contribution in [0.5, 0.6) is 0 Å². The molecular formula is C22H21N5O. The first kappa shape index (κ1) is 16.9. The molecule has 5 rings (SSSR count). The molecule has 0 bridgehead atoms. The van der Waals surface area contributed by atoms with Crippen molar-refractivity contribution in [1.29, 1.82) is 0 Å². The number of hydrogen-bond acceptors (Lipinski definition) is 4. The van der Waals surface area contributed by atoms with Gasteiger partial charge in [-0.1, -0.05) is 6.07 Å². The number of benzene rings is 1. The zero-order valence-electron chi connectivity index (χ0n) is 15.9. The quantitative estimate of drug-likeness (QED) is 0.588. The van der Waals surface area contributed by atoms with Gasteiger partial charge < -0.3 is 9.88 Å². The number of nitrogens with zero attached hydrogens (tertiary/aromatic N) is 4. The average molecular weight is 371 g/mol. The summed E-state index contributed by atoms with van der Waals surface area (Å²) in [5, 5.41) is 4.70. The number of fused-ring (bicyclic) bond motifs is 3. The second-order valence-corrected chi connectivity index (χ2v) is 7.32. The van der Waals surface area contributed by atoms with Crippen LogP contribution in [0.1, 0.15) is 16.8 Å². The summed E-state index contributed by atoms with van der Waals surface area (Å²) in [4.78, 5) is 21.4. The minimum Gasteiger partial charge on any atom is -0.347 e. The molecule has 1 aliphatic rings. The number of rotatable bonds is 2. The Hall–Kier alpha value is -3.25. The van der Waals surface area contributed by atoms with Crippen molar-refractivity contribution in [2.75, 3.05) is 6.54 Å². The Morgan fingerprint density at radius 1 is 1.11 bits per heavy atom. The van der Waals surface area contributed by atoms with Crippen molar-refractivity contribution in [3.63, 3.8) is 0 Å². The Morgan fingerprint density at radius 2 is 1.93 bits per heavy atom. The maximum atomic E-state index is 12.8. The highest BCUT2D eigenvalue weighted by Gasteiger charge is 2.18. The van der Waals surface area contributed by atoms with Gasteiger partial charge in [-0.3, -0.25) is 9.36 Å². The third-order valence-corrected chi connectivity index (χ3v) is 5.50. The smallest absolute Gasteiger partial charge is 0.255 e. The van der Waals surface area contributed by atoms with Crippen molar-refractivity contribution in [2.45, 2.75) is 19.9 Å².